The van der Waals surface area contributed by atoms with E-state index >= 15 is 0 Å². The van der Waals surface area contributed by atoms with E-state index in [4.69, 9.17) is 17.3 Å². The summed E-state index contributed by atoms with van der Waals surface area (Å²) in [5.41, 5.74) is 9.98. The van der Waals surface area contributed by atoms with Crippen molar-refractivity contribution in [3.63, 3.8) is 0 Å². The van der Waals surface area contributed by atoms with Gasteiger partial charge in [-0.1, -0.05) is 35.9 Å². The van der Waals surface area contributed by atoms with Crippen molar-refractivity contribution in [2.75, 3.05) is 5.73 Å². The average molecular weight is 323 g/mol. The maximum atomic E-state index is 6.51. The number of anilines is 1. The van der Waals surface area contributed by atoms with Crippen LogP contribution >= 0.6 is 11.6 Å². The van der Waals surface area contributed by atoms with E-state index < -0.39 is 0 Å². The third kappa shape index (κ3) is 2.06. The predicted molar refractivity (Wildman–Crippen MR) is 95.3 cm³/mol. The molecule has 4 rings (SSSR count). The normalized spacial score (nSPS) is 11.4. The van der Waals surface area contributed by atoms with Gasteiger partial charge in [0.2, 0.25) is 0 Å². The van der Waals surface area contributed by atoms with Crippen LogP contribution in [0.3, 0.4) is 0 Å². The van der Waals surface area contributed by atoms with Crippen molar-refractivity contribution < 1.29 is 0 Å². The number of rotatable bonds is 1. The molecule has 4 aromatic rings. The molecule has 0 atom stereocenters. The first-order valence-electron chi connectivity index (χ1n) is 7.36. The van der Waals surface area contributed by atoms with E-state index in [1.165, 1.54) is 0 Å². The maximum Gasteiger partial charge on any atom is 0.151 e. The van der Waals surface area contributed by atoms with E-state index in [1.807, 2.05) is 56.3 Å². The second-order valence-corrected chi connectivity index (χ2v) is 6.07. The van der Waals surface area contributed by atoms with Crippen LogP contribution in [0, 0.1) is 13.8 Å². The maximum absolute atomic E-state index is 6.51. The zero-order valence-corrected chi connectivity index (χ0v) is 13.6. The standard InChI is InChI=1S/C18H15ClN4/c1-10-7-8-15(13(19)9-10)23-14-6-4-3-5-12(14)16-17(20)21-11(2)22-18(16)23/h3-9H,1-2H3,(H2,20,21,22). The average Bonchev–Trinajstić information content (AvgIpc) is 2.82. The van der Waals surface area contributed by atoms with Crippen LogP contribution in [0.4, 0.5) is 5.82 Å². The molecule has 0 radical (unpaired) electrons. The van der Waals surface area contributed by atoms with Crippen molar-refractivity contribution >= 4 is 39.4 Å². The number of fused-ring (bicyclic) bond motifs is 3. The lowest BCUT2D eigenvalue weighted by Gasteiger charge is -2.10. The Morgan fingerprint density at radius 2 is 1.83 bits per heavy atom. The van der Waals surface area contributed by atoms with Crippen molar-refractivity contribution in [2.45, 2.75) is 13.8 Å². The summed E-state index contributed by atoms with van der Waals surface area (Å²) in [4.78, 5) is 8.94. The van der Waals surface area contributed by atoms with Crippen molar-refractivity contribution in [3.8, 4) is 5.69 Å². The summed E-state index contributed by atoms with van der Waals surface area (Å²) >= 11 is 6.51. The molecule has 0 bridgehead atoms. The minimum absolute atomic E-state index is 0.491. The first-order chi connectivity index (χ1) is 11.1. The Hall–Kier alpha value is -2.59. The van der Waals surface area contributed by atoms with Gasteiger partial charge in [0.1, 0.15) is 11.6 Å². The molecule has 5 heteroatoms. The lowest BCUT2D eigenvalue weighted by atomic mass is 10.2. The van der Waals surface area contributed by atoms with Gasteiger partial charge in [-0.15, -0.1) is 0 Å². The molecule has 0 fully saturated rings. The molecule has 4 nitrogen and oxygen atoms in total. The Morgan fingerprint density at radius 1 is 1.04 bits per heavy atom. The number of para-hydroxylation sites is 1. The summed E-state index contributed by atoms with van der Waals surface area (Å²) in [6.07, 6.45) is 0. The highest BCUT2D eigenvalue weighted by Gasteiger charge is 2.18. The fraction of sp³-hybridized carbons (Fsp3) is 0.111. The van der Waals surface area contributed by atoms with E-state index in [2.05, 4.69) is 14.5 Å². The number of benzene rings is 2. The highest BCUT2D eigenvalue weighted by Crippen LogP contribution is 2.35. The number of hydrogen-bond donors (Lipinski definition) is 1. The zero-order chi connectivity index (χ0) is 16.1. The fourth-order valence-electron chi connectivity index (χ4n) is 3.03. The van der Waals surface area contributed by atoms with E-state index in [0.29, 0.717) is 16.7 Å². The minimum atomic E-state index is 0.491. The third-order valence-corrected chi connectivity index (χ3v) is 4.30. The zero-order valence-electron chi connectivity index (χ0n) is 12.8. The Labute approximate surface area is 138 Å². The molecule has 2 N–H and O–H groups in total. The molecule has 0 aliphatic rings. The fourth-order valence-corrected chi connectivity index (χ4v) is 3.35. The number of nitrogens with two attached hydrogens (primary N) is 1. The summed E-state index contributed by atoms with van der Waals surface area (Å²) in [6.45, 7) is 3.86. The number of hydrogen-bond acceptors (Lipinski definition) is 3. The van der Waals surface area contributed by atoms with Gasteiger partial charge in [-0.2, -0.15) is 0 Å². The molecule has 0 aliphatic heterocycles. The summed E-state index contributed by atoms with van der Waals surface area (Å²) < 4.78 is 2.05. The van der Waals surface area contributed by atoms with Gasteiger partial charge in [-0.3, -0.25) is 4.57 Å². The lowest BCUT2D eigenvalue weighted by Crippen LogP contribution is -2.01. The Bertz CT molecular complexity index is 1070. The molecule has 0 aliphatic carbocycles. The summed E-state index contributed by atoms with van der Waals surface area (Å²) in [5.74, 6) is 1.13. The van der Waals surface area contributed by atoms with E-state index in [1.54, 1.807) is 0 Å². The second-order valence-electron chi connectivity index (χ2n) is 5.66. The Balaban J connectivity index is 2.24. The number of nitrogens with zero attached hydrogens (tertiary/aromatic N) is 3. The first-order valence-corrected chi connectivity index (χ1v) is 7.74. The van der Waals surface area contributed by atoms with Crippen molar-refractivity contribution in [1.29, 1.82) is 0 Å². The second kappa shape index (κ2) is 4.96. The van der Waals surface area contributed by atoms with Gasteiger partial charge in [-0.05, 0) is 37.6 Å². The lowest BCUT2D eigenvalue weighted by molar-refractivity contribution is 1.05. The minimum Gasteiger partial charge on any atom is -0.383 e. The van der Waals surface area contributed by atoms with Crippen LogP contribution < -0.4 is 5.73 Å². The highest BCUT2D eigenvalue weighted by molar-refractivity contribution is 6.32. The van der Waals surface area contributed by atoms with Gasteiger partial charge in [0.25, 0.3) is 0 Å². The van der Waals surface area contributed by atoms with Crippen LogP contribution in [-0.2, 0) is 0 Å². The summed E-state index contributed by atoms with van der Waals surface area (Å²) in [5, 5.41) is 2.57. The van der Waals surface area contributed by atoms with Crippen LogP contribution in [0.2, 0.25) is 5.02 Å². The van der Waals surface area contributed by atoms with Crippen molar-refractivity contribution in [3.05, 3.63) is 58.9 Å². The number of aryl methyl sites for hydroxylation is 2. The van der Waals surface area contributed by atoms with Gasteiger partial charge in [-0.25, -0.2) is 9.97 Å². The Morgan fingerprint density at radius 3 is 2.61 bits per heavy atom. The topological polar surface area (TPSA) is 56.7 Å². The van der Waals surface area contributed by atoms with E-state index in [-0.39, 0.29) is 0 Å². The van der Waals surface area contributed by atoms with Crippen LogP contribution in [0.15, 0.2) is 42.5 Å². The van der Waals surface area contributed by atoms with Gasteiger partial charge < -0.3 is 5.73 Å². The quantitative estimate of drug-likeness (QED) is 0.564. The largest absolute Gasteiger partial charge is 0.383 e. The number of halogens is 1. The smallest absolute Gasteiger partial charge is 0.151 e. The number of aromatic nitrogens is 3. The van der Waals surface area contributed by atoms with Crippen LogP contribution in [-0.4, -0.2) is 14.5 Å². The van der Waals surface area contributed by atoms with Crippen LogP contribution in [0.1, 0.15) is 11.4 Å². The van der Waals surface area contributed by atoms with Gasteiger partial charge in [0, 0.05) is 5.39 Å². The summed E-state index contributed by atoms with van der Waals surface area (Å²) in [6, 6.07) is 14.1. The van der Waals surface area contributed by atoms with Crippen molar-refractivity contribution in [1.82, 2.24) is 14.5 Å². The molecule has 0 saturated carbocycles. The van der Waals surface area contributed by atoms with Gasteiger partial charge in [0.15, 0.2) is 5.65 Å². The number of nitrogen functional groups attached to an aromatic ring is 1. The van der Waals surface area contributed by atoms with Gasteiger partial charge >= 0.3 is 0 Å². The molecule has 0 unspecified atom stereocenters. The van der Waals surface area contributed by atoms with Crippen LogP contribution in [0.25, 0.3) is 27.6 Å². The van der Waals surface area contributed by atoms with Crippen molar-refractivity contribution in [2.24, 2.45) is 0 Å². The Kier molecular flexibility index (Phi) is 3.03. The predicted octanol–water partition coefficient (Wildman–Crippen LogP) is 4.43. The highest BCUT2D eigenvalue weighted by atomic mass is 35.5. The molecule has 0 spiro atoms. The molecule has 2 heterocycles. The molecule has 0 saturated heterocycles. The van der Waals surface area contributed by atoms with E-state index in [9.17, 15) is 0 Å². The molecule has 114 valence electrons. The SMILES string of the molecule is Cc1ccc(-n2c3ccccc3c3c(N)nc(C)nc32)c(Cl)c1. The molecular formula is C18H15ClN4. The van der Waals surface area contributed by atoms with Gasteiger partial charge in [0.05, 0.1) is 21.6 Å². The molecule has 0 amide bonds. The third-order valence-electron chi connectivity index (χ3n) is 4.00. The monoisotopic (exact) mass is 322 g/mol. The molecule has 2 aromatic heterocycles. The first kappa shape index (κ1) is 14.0. The van der Waals surface area contributed by atoms with E-state index in [0.717, 1.165) is 33.2 Å². The molecule has 23 heavy (non-hydrogen) atoms. The molecule has 2 aromatic carbocycles. The van der Waals surface area contributed by atoms with Crippen LogP contribution in [0.5, 0.6) is 0 Å². The summed E-state index contributed by atoms with van der Waals surface area (Å²) in [7, 11) is 0. The molecular weight excluding hydrogens is 308 g/mol.